The van der Waals surface area contributed by atoms with Gasteiger partial charge < -0.3 is 14.2 Å². The van der Waals surface area contributed by atoms with Gasteiger partial charge in [-0.05, 0) is 77.0 Å². The molecule has 0 saturated heterocycles. The summed E-state index contributed by atoms with van der Waals surface area (Å²) in [4.78, 5) is 37.7. The highest BCUT2D eigenvalue weighted by Gasteiger charge is 2.19. The quantitative estimate of drug-likeness (QED) is 0.0203. The van der Waals surface area contributed by atoms with Gasteiger partial charge in [0.15, 0.2) is 6.10 Å². The fraction of sp³-hybridized carbons (Fsp3) is 0.558. The molecule has 0 heterocycles. The fourth-order valence-electron chi connectivity index (χ4n) is 5.51. The van der Waals surface area contributed by atoms with E-state index in [2.05, 4.69) is 69.4 Å². The summed E-state index contributed by atoms with van der Waals surface area (Å²) >= 11 is 0. The molecule has 0 N–H and O–H groups in total. The van der Waals surface area contributed by atoms with Crippen LogP contribution >= 0.6 is 0 Å². The maximum absolute atomic E-state index is 12.7. The van der Waals surface area contributed by atoms with Crippen molar-refractivity contribution < 1.29 is 28.6 Å². The number of carbonyl (C=O) groups excluding carboxylic acids is 3. The molecule has 0 spiro atoms. The van der Waals surface area contributed by atoms with Crippen LogP contribution in [0.15, 0.2) is 122 Å². The highest BCUT2D eigenvalue weighted by Crippen LogP contribution is 2.12. The molecular weight excluding hydrogens is 721 g/mol. The molecule has 1 unspecified atom stereocenters. The van der Waals surface area contributed by atoms with Crippen LogP contribution in [0.25, 0.3) is 0 Å². The predicted octanol–water partition coefficient (Wildman–Crippen LogP) is 14.6. The Balaban J connectivity index is 4.55. The van der Waals surface area contributed by atoms with Crippen LogP contribution < -0.4 is 0 Å². The summed E-state index contributed by atoms with van der Waals surface area (Å²) in [6, 6.07) is 0. The Hall–Kier alpha value is -4.19. The third-order valence-corrected chi connectivity index (χ3v) is 8.90. The van der Waals surface area contributed by atoms with Crippen molar-refractivity contribution >= 4 is 17.9 Å². The molecule has 6 nitrogen and oxygen atoms in total. The Bertz CT molecular complexity index is 1290. The molecule has 0 aromatic carbocycles. The Kier molecular flexibility index (Phi) is 42.2. The first-order chi connectivity index (χ1) is 28.5. The van der Waals surface area contributed by atoms with Gasteiger partial charge in [-0.1, -0.05) is 194 Å². The molecule has 0 fully saturated rings. The zero-order chi connectivity index (χ0) is 42.3. The van der Waals surface area contributed by atoms with Crippen molar-refractivity contribution in [2.75, 3.05) is 13.2 Å². The van der Waals surface area contributed by atoms with E-state index in [1.165, 1.54) is 12.8 Å². The van der Waals surface area contributed by atoms with Crippen LogP contribution in [0.2, 0.25) is 0 Å². The Labute approximate surface area is 354 Å². The second-order valence-corrected chi connectivity index (χ2v) is 14.4. The molecule has 0 saturated carbocycles. The highest BCUT2D eigenvalue weighted by molar-refractivity contribution is 5.71. The van der Waals surface area contributed by atoms with Gasteiger partial charge in [0, 0.05) is 19.3 Å². The second-order valence-electron chi connectivity index (χ2n) is 14.4. The van der Waals surface area contributed by atoms with E-state index in [0.29, 0.717) is 12.8 Å². The van der Waals surface area contributed by atoms with E-state index in [-0.39, 0.29) is 37.5 Å². The molecule has 0 aromatic rings. The molecule has 0 bridgehead atoms. The van der Waals surface area contributed by atoms with Gasteiger partial charge in [0.2, 0.25) is 0 Å². The predicted molar refractivity (Wildman–Crippen MR) is 246 cm³/mol. The van der Waals surface area contributed by atoms with Crippen molar-refractivity contribution in [3.8, 4) is 0 Å². The van der Waals surface area contributed by atoms with Gasteiger partial charge in [0.1, 0.15) is 13.2 Å². The van der Waals surface area contributed by atoms with Gasteiger partial charge in [-0.15, -0.1) is 0 Å². The first-order valence-electron chi connectivity index (χ1n) is 22.7. The van der Waals surface area contributed by atoms with E-state index >= 15 is 0 Å². The third kappa shape index (κ3) is 42.9. The van der Waals surface area contributed by atoms with Gasteiger partial charge in [-0.25, -0.2) is 0 Å². The maximum atomic E-state index is 12.7. The zero-order valence-corrected chi connectivity index (χ0v) is 36.8. The highest BCUT2D eigenvalue weighted by atomic mass is 16.6. The first kappa shape index (κ1) is 53.8. The minimum atomic E-state index is -0.814. The molecular formula is C52H80O6. The molecule has 0 amide bonds. The zero-order valence-electron chi connectivity index (χ0n) is 36.8. The number of esters is 3. The SMILES string of the molecule is CC\C=C/C=C\C=C/C=C\C=C/CCCCCC(=O)OCC(COC(=O)CCCCCC/C=C\CCCC)OC(=O)CCCCCCC\C=C/C=C\C=C/C=C\CC. The van der Waals surface area contributed by atoms with Crippen molar-refractivity contribution in [2.45, 2.75) is 175 Å². The van der Waals surface area contributed by atoms with Crippen LogP contribution in [0.3, 0.4) is 0 Å². The van der Waals surface area contributed by atoms with Crippen molar-refractivity contribution in [3.05, 3.63) is 122 Å². The van der Waals surface area contributed by atoms with E-state index in [0.717, 1.165) is 116 Å². The van der Waals surface area contributed by atoms with E-state index in [1.54, 1.807) is 0 Å². The lowest BCUT2D eigenvalue weighted by Crippen LogP contribution is -2.30. The van der Waals surface area contributed by atoms with Crippen LogP contribution in [0.1, 0.15) is 168 Å². The number of carbonyl (C=O) groups is 3. The molecule has 6 heteroatoms. The summed E-state index contributed by atoms with van der Waals surface area (Å²) in [5, 5.41) is 0. The molecule has 324 valence electrons. The fourth-order valence-corrected chi connectivity index (χ4v) is 5.51. The van der Waals surface area contributed by atoms with E-state index < -0.39 is 6.10 Å². The van der Waals surface area contributed by atoms with Gasteiger partial charge in [-0.2, -0.15) is 0 Å². The molecule has 0 radical (unpaired) electrons. The van der Waals surface area contributed by atoms with Crippen molar-refractivity contribution in [2.24, 2.45) is 0 Å². The van der Waals surface area contributed by atoms with Crippen LogP contribution in [-0.4, -0.2) is 37.2 Å². The first-order valence-corrected chi connectivity index (χ1v) is 22.7. The number of hydrogen-bond donors (Lipinski definition) is 0. The number of ether oxygens (including phenoxy) is 3. The molecule has 58 heavy (non-hydrogen) atoms. The number of hydrogen-bond acceptors (Lipinski definition) is 6. The van der Waals surface area contributed by atoms with Crippen LogP contribution in [0.5, 0.6) is 0 Å². The van der Waals surface area contributed by atoms with Gasteiger partial charge in [-0.3, -0.25) is 14.4 Å². The van der Waals surface area contributed by atoms with Gasteiger partial charge >= 0.3 is 17.9 Å². The summed E-state index contributed by atoms with van der Waals surface area (Å²) in [5.41, 5.74) is 0. The second kappa shape index (κ2) is 45.5. The van der Waals surface area contributed by atoms with Crippen molar-refractivity contribution in [1.29, 1.82) is 0 Å². The lowest BCUT2D eigenvalue weighted by molar-refractivity contribution is -0.167. The largest absolute Gasteiger partial charge is 0.462 e. The topological polar surface area (TPSA) is 78.9 Å². The van der Waals surface area contributed by atoms with Gasteiger partial charge in [0.05, 0.1) is 0 Å². The third-order valence-electron chi connectivity index (χ3n) is 8.90. The maximum Gasteiger partial charge on any atom is 0.306 e. The van der Waals surface area contributed by atoms with Crippen molar-refractivity contribution in [3.63, 3.8) is 0 Å². The summed E-state index contributed by atoms with van der Waals surface area (Å²) in [6.45, 7) is 6.20. The molecule has 0 aliphatic carbocycles. The van der Waals surface area contributed by atoms with E-state index in [1.807, 2.05) is 72.9 Å². The van der Waals surface area contributed by atoms with E-state index in [9.17, 15) is 14.4 Å². The minimum absolute atomic E-state index is 0.112. The Morgan fingerprint density at radius 2 is 0.690 bits per heavy atom. The summed E-state index contributed by atoms with van der Waals surface area (Å²) in [7, 11) is 0. The molecule has 0 aliphatic rings. The molecule has 0 rings (SSSR count). The number of allylic oxidation sites excluding steroid dienone is 20. The Morgan fingerprint density at radius 3 is 1.12 bits per heavy atom. The molecule has 0 aromatic heterocycles. The smallest absolute Gasteiger partial charge is 0.306 e. The monoisotopic (exact) mass is 801 g/mol. The normalized spacial score (nSPS) is 13.2. The van der Waals surface area contributed by atoms with Crippen LogP contribution in [-0.2, 0) is 28.6 Å². The standard InChI is InChI=1S/C52H80O6/c1-4-7-10-13-16-19-22-24-26-28-30-33-36-39-42-45-51(54)57-48-49(47-56-50(53)44-41-38-35-32-21-18-15-12-9-6-3)58-52(55)46-43-40-37-34-31-29-27-25-23-20-17-14-11-8-5-2/h7-8,10-11,13-20,22-28,30,49H,4-6,9,12,21,29,31-48H2,1-3H3/b10-7-,11-8-,16-13-,17-14-,18-15-,22-19-,23-20-,26-24-,27-25-,30-28-. The lowest BCUT2D eigenvalue weighted by Gasteiger charge is -2.18. The van der Waals surface area contributed by atoms with E-state index in [4.69, 9.17) is 14.2 Å². The summed E-state index contributed by atoms with van der Waals surface area (Å²) in [6.07, 6.45) is 61.8. The lowest BCUT2D eigenvalue weighted by atomic mass is 10.1. The van der Waals surface area contributed by atoms with Crippen LogP contribution in [0, 0.1) is 0 Å². The van der Waals surface area contributed by atoms with Crippen LogP contribution in [0.4, 0.5) is 0 Å². The average molecular weight is 801 g/mol. The summed E-state index contributed by atoms with van der Waals surface area (Å²) in [5.74, 6) is -1.01. The number of unbranched alkanes of at least 4 members (excludes halogenated alkanes) is 14. The number of rotatable bonds is 38. The minimum Gasteiger partial charge on any atom is -0.462 e. The molecule has 1 atom stereocenters. The molecule has 0 aliphatic heterocycles. The van der Waals surface area contributed by atoms with Gasteiger partial charge in [0.25, 0.3) is 0 Å². The Morgan fingerprint density at radius 1 is 0.362 bits per heavy atom. The summed E-state index contributed by atoms with van der Waals surface area (Å²) < 4.78 is 16.6. The average Bonchev–Trinajstić information content (AvgIpc) is 3.22. The van der Waals surface area contributed by atoms with Crippen molar-refractivity contribution in [1.82, 2.24) is 0 Å².